The summed E-state index contributed by atoms with van der Waals surface area (Å²) in [6.45, 7) is 3.12. The summed E-state index contributed by atoms with van der Waals surface area (Å²) in [5.41, 5.74) is 2.11. The number of hydrogen-bond acceptors (Lipinski definition) is 5. The molecule has 0 amide bonds. The van der Waals surface area contributed by atoms with Gasteiger partial charge < -0.3 is 4.90 Å². The van der Waals surface area contributed by atoms with E-state index in [4.69, 9.17) is 0 Å². The molecule has 1 fully saturated rings. The fraction of sp³-hybridized carbons (Fsp3) is 0.389. The molecular formula is C18H22N4O3. The van der Waals surface area contributed by atoms with Gasteiger partial charge in [0.15, 0.2) is 0 Å². The van der Waals surface area contributed by atoms with Crippen molar-refractivity contribution < 1.29 is 4.92 Å². The Kier molecular flexibility index (Phi) is 5.14. The largest absolute Gasteiger partial charge is 0.371 e. The zero-order chi connectivity index (χ0) is 17.8. The number of nitrogens with zero attached hydrogens (tertiary/aromatic N) is 4. The van der Waals surface area contributed by atoms with Gasteiger partial charge in [-0.25, -0.2) is 0 Å². The first-order valence-electron chi connectivity index (χ1n) is 8.41. The van der Waals surface area contributed by atoms with Gasteiger partial charge >= 0.3 is 0 Å². The number of hydrogen-bond donors (Lipinski definition) is 0. The second kappa shape index (κ2) is 7.48. The van der Waals surface area contributed by atoms with Crippen LogP contribution in [0.15, 0.2) is 47.4 Å². The van der Waals surface area contributed by atoms with Crippen molar-refractivity contribution in [1.29, 1.82) is 0 Å². The van der Waals surface area contributed by atoms with E-state index in [0.29, 0.717) is 13.2 Å². The lowest BCUT2D eigenvalue weighted by molar-refractivity contribution is -0.385. The molecule has 0 saturated carbocycles. The fourth-order valence-corrected chi connectivity index (χ4v) is 3.25. The summed E-state index contributed by atoms with van der Waals surface area (Å²) in [5.74, 6) is 0. The smallest absolute Gasteiger partial charge is 0.285 e. The highest BCUT2D eigenvalue weighted by atomic mass is 16.6. The summed E-state index contributed by atoms with van der Waals surface area (Å²) in [4.78, 5) is 26.8. The molecule has 1 aliphatic heterocycles. The molecule has 0 spiro atoms. The van der Waals surface area contributed by atoms with E-state index >= 15 is 0 Å². The van der Waals surface area contributed by atoms with Gasteiger partial charge in [-0.1, -0.05) is 18.2 Å². The van der Waals surface area contributed by atoms with Crippen LogP contribution in [0.1, 0.15) is 18.4 Å². The number of rotatable bonds is 6. The van der Waals surface area contributed by atoms with E-state index in [9.17, 15) is 14.9 Å². The zero-order valence-corrected chi connectivity index (χ0v) is 14.3. The zero-order valence-electron chi connectivity index (χ0n) is 14.3. The van der Waals surface area contributed by atoms with E-state index in [1.54, 1.807) is 0 Å². The van der Waals surface area contributed by atoms with Crippen molar-refractivity contribution in [3.63, 3.8) is 0 Å². The highest BCUT2D eigenvalue weighted by Gasteiger charge is 2.16. The van der Waals surface area contributed by atoms with Gasteiger partial charge in [-0.3, -0.25) is 24.4 Å². The predicted octanol–water partition coefficient (Wildman–Crippen LogP) is 2.45. The third-order valence-corrected chi connectivity index (χ3v) is 4.45. The Morgan fingerprint density at radius 2 is 1.88 bits per heavy atom. The monoisotopic (exact) mass is 342 g/mol. The minimum atomic E-state index is -0.487. The van der Waals surface area contributed by atoms with Gasteiger partial charge in [0.1, 0.15) is 0 Å². The molecule has 0 atom stereocenters. The third-order valence-electron chi connectivity index (χ3n) is 4.45. The van der Waals surface area contributed by atoms with Gasteiger partial charge in [0.25, 0.3) is 11.2 Å². The van der Waals surface area contributed by atoms with Crippen LogP contribution in [-0.2, 0) is 13.2 Å². The van der Waals surface area contributed by atoms with Gasteiger partial charge in [0.05, 0.1) is 17.8 Å². The lowest BCUT2D eigenvalue weighted by Crippen LogP contribution is -2.29. The summed E-state index contributed by atoms with van der Waals surface area (Å²) in [6.07, 6.45) is 3.73. The predicted molar refractivity (Wildman–Crippen MR) is 96.7 cm³/mol. The number of para-hydroxylation sites is 1. The molecule has 1 aromatic heterocycles. The number of nitro groups is 1. The van der Waals surface area contributed by atoms with Crippen molar-refractivity contribution in [2.45, 2.75) is 26.1 Å². The maximum absolute atomic E-state index is 12.0. The maximum Gasteiger partial charge on any atom is 0.285 e. The minimum Gasteiger partial charge on any atom is -0.371 e. The number of aromatic nitrogens is 1. The molecule has 0 bridgehead atoms. The molecule has 7 nitrogen and oxygen atoms in total. The molecule has 0 unspecified atom stereocenters. The molecule has 25 heavy (non-hydrogen) atoms. The van der Waals surface area contributed by atoms with Crippen LogP contribution in [0.25, 0.3) is 0 Å². The first-order valence-corrected chi connectivity index (χ1v) is 8.41. The van der Waals surface area contributed by atoms with Crippen molar-refractivity contribution in [2.24, 2.45) is 0 Å². The first kappa shape index (κ1) is 17.2. The molecule has 2 heterocycles. The third kappa shape index (κ3) is 4.06. The number of anilines is 1. The molecule has 0 N–H and O–H groups in total. The summed E-state index contributed by atoms with van der Waals surface area (Å²) in [5, 5.41) is 10.9. The first-order chi connectivity index (χ1) is 12.0. The van der Waals surface area contributed by atoms with E-state index in [1.165, 1.54) is 47.0 Å². The average Bonchev–Trinajstić information content (AvgIpc) is 3.11. The van der Waals surface area contributed by atoms with E-state index in [0.717, 1.165) is 13.1 Å². The highest BCUT2D eigenvalue weighted by molar-refractivity contribution is 5.54. The molecule has 0 aliphatic carbocycles. The second-order valence-electron chi connectivity index (χ2n) is 6.43. The van der Waals surface area contributed by atoms with E-state index in [1.807, 2.05) is 24.1 Å². The second-order valence-corrected chi connectivity index (χ2v) is 6.43. The Morgan fingerprint density at radius 1 is 1.16 bits per heavy atom. The topological polar surface area (TPSA) is 71.6 Å². The van der Waals surface area contributed by atoms with Crippen LogP contribution in [0.3, 0.4) is 0 Å². The molecule has 0 radical (unpaired) electrons. The van der Waals surface area contributed by atoms with Crippen molar-refractivity contribution >= 4 is 11.4 Å². The van der Waals surface area contributed by atoms with Gasteiger partial charge in [0, 0.05) is 37.5 Å². The Morgan fingerprint density at radius 3 is 2.60 bits per heavy atom. The Labute approximate surface area is 146 Å². The van der Waals surface area contributed by atoms with E-state index in [-0.39, 0.29) is 11.2 Å². The standard InChI is InChI=1S/C18H22N4O3/c1-19(14-21-13-16(22(24)25)8-9-18(21)23)12-15-6-2-3-7-17(15)20-10-4-5-11-20/h2-3,6-9,13H,4-5,10-12,14H2,1H3. The SMILES string of the molecule is CN(Cc1ccccc1N1CCCC1)Cn1cc([N+](=O)[O-])ccc1=O. The molecule has 132 valence electrons. The Balaban J connectivity index is 1.75. The van der Waals surface area contributed by atoms with Crippen LogP contribution >= 0.6 is 0 Å². The Hall–Kier alpha value is -2.67. The molecule has 7 heteroatoms. The lowest BCUT2D eigenvalue weighted by Gasteiger charge is -2.24. The minimum absolute atomic E-state index is 0.0783. The van der Waals surface area contributed by atoms with Crippen LogP contribution < -0.4 is 10.5 Å². The van der Waals surface area contributed by atoms with E-state index in [2.05, 4.69) is 17.0 Å². The number of benzene rings is 1. The maximum atomic E-state index is 12.0. The van der Waals surface area contributed by atoms with Gasteiger partial charge in [-0.05, 0) is 31.5 Å². The fourth-order valence-electron chi connectivity index (χ4n) is 3.25. The van der Waals surface area contributed by atoms with Crippen molar-refractivity contribution in [3.8, 4) is 0 Å². The molecule has 1 aliphatic rings. The van der Waals surface area contributed by atoms with Crippen LogP contribution in [0.2, 0.25) is 0 Å². The summed E-state index contributed by atoms with van der Waals surface area (Å²) < 4.78 is 1.37. The van der Waals surface area contributed by atoms with Crippen molar-refractivity contribution in [3.05, 3.63) is 68.6 Å². The number of pyridine rings is 1. The molecule has 2 aromatic rings. The van der Waals surface area contributed by atoms with Gasteiger partial charge in [0.2, 0.25) is 0 Å². The van der Waals surface area contributed by atoms with Gasteiger partial charge in [-0.2, -0.15) is 0 Å². The molecule has 1 aromatic carbocycles. The summed E-state index contributed by atoms with van der Waals surface area (Å²) >= 11 is 0. The van der Waals surface area contributed by atoms with Crippen LogP contribution in [-0.4, -0.2) is 34.5 Å². The normalized spacial score (nSPS) is 14.2. The molecule has 1 saturated heterocycles. The van der Waals surface area contributed by atoms with Crippen molar-refractivity contribution in [2.75, 3.05) is 25.0 Å². The lowest BCUT2D eigenvalue weighted by atomic mass is 10.1. The van der Waals surface area contributed by atoms with E-state index < -0.39 is 4.92 Å². The van der Waals surface area contributed by atoms with Gasteiger partial charge in [-0.15, -0.1) is 0 Å². The van der Waals surface area contributed by atoms with Crippen LogP contribution in [0.5, 0.6) is 0 Å². The molecular weight excluding hydrogens is 320 g/mol. The summed E-state index contributed by atoms with van der Waals surface area (Å²) in [7, 11) is 1.91. The highest BCUT2D eigenvalue weighted by Crippen LogP contribution is 2.25. The van der Waals surface area contributed by atoms with Crippen LogP contribution in [0.4, 0.5) is 11.4 Å². The average molecular weight is 342 g/mol. The van der Waals surface area contributed by atoms with Crippen LogP contribution in [0, 0.1) is 10.1 Å². The molecule has 3 rings (SSSR count). The quantitative estimate of drug-likeness (QED) is 0.596. The summed E-state index contributed by atoms with van der Waals surface area (Å²) in [6, 6.07) is 10.8. The Bertz CT molecular complexity index is 812. The van der Waals surface area contributed by atoms with Crippen molar-refractivity contribution in [1.82, 2.24) is 9.47 Å².